The third-order valence-electron chi connectivity index (χ3n) is 4.27. The van der Waals surface area contributed by atoms with Crippen LogP contribution in [0.3, 0.4) is 0 Å². The molecule has 2 aromatic rings. The van der Waals surface area contributed by atoms with Crippen LogP contribution in [0, 0.1) is 5.82 Å². The summed E-state index contributed by atoms with van der Waals surface area (Å²) in [5.41, 5.74) is 7.07. The van der Waals surface area contributed by atoms with Gasteiger partial charge in [-0.05, 0) is 47.7 Å². The van der Waals surface area contributed by atoms with E-state index in [0.29, 0.717) is 5.69 Å². The van der Waals surface area contributed by atoms with E-state index in [2.05, 4.69) is 16.3 Å². The monoisotopic (exact) mass is 361 g/mol. The van der Waals surface area contributed by atoms with Crippen LogP contribution in [0.1, 0.15) is 16.9 Å². The number of carbonyl (C=O) groups excluding carboxylic acids is 2. The summed E-state index contributed by atoms with van der Waals surface area (Å²) in [5.74, 6) is -0.959. The van der Waals surface area contributed by atoms with Crippen molar-refractivity contribution in [2.45, 2.75) is 19.4 Å². The quantitative estimate of drug-likeness (QED) is 0.857. The van der Waals surface area contributed by atoms with E-state index in [1.54, 1.807) is 23.5 Å². The number of carbonyl (C=O) groups is 2. The number of fused-ring (bicyclic) bond motifs is 1. The number of amides is 2. The summed E-state index contributed by atoms with van der Waals surface area (Å²) < 4.78 is 13.2. The highest BCUT2D eigenvalue weighted by Gasteiger charge is 2.23. The molecule has 1 aromatic carbocycles. The Kier molecular flexibility index (Phi) is 5.45. The SMILES string of the molecule is NC(=O)CCN(C(=O)CN1CCc2sccc2C1)c1ccc(F)cc1. The van der Waals surface area contributed by atoms with E-state index >= 15 is 0 Å². The zero-order valence-corrected chi connectivity index (χ0v) is 14.6. The molecular formula is C18H20FN3O2S. The van der Waals surface area contributed by atoms with E-state index in [-0.39, 0.29) is 31.2 Å². The number of hydrogen-bond acceptors (Lipinski definition) is 4. The average molecular weight is 361 g/mol. The first-order chi connectivity index (χ1) is 12.0. The summed E-state index contributed by atoms with van der Waals surface area (Å²) in [5, 5.41) is 2.08. The molecule has 25 heavy (non-hydrogen) atoms. The first-order valence-corrected chi connectivity index (χ1v) is 9.03. The van der Waals surface area contributed by atoms with Crippen LogP contribution >= 0.6 is 11.3 Å². The van der Waals surface area contributed by atoms with E-state index in [1.807, 2.05) is 0 Å². The topological polar surface area (TPSA) is 66.6 Å². The molecule has 0 saturated carbocycles. The van der Waals surface area contributed by atoms with Gasteiger partial charge in [0, 0.05) is 36.6 Å². The van der Waals surface area contributed by atoms with Crippen LogP contribution in [0.5, 0.6) is 0 Å². The number of rotatable bonds is 6. The minimum Gasteiger partial charge on any atom is -0.370 e. The van der Waals surface area contributed by atoms with Crippen molar-refractivity contribution in [3.8, 4) is 0 Å². The second-order valence-corrected chi connectivity index (χ2v) is 7.07. The Morgan fingerprint density at radius 3 is 2.72 bits per heavy atom. The van der Waals surface area contributed by atoms with Crippen molar-refractivity contribution in [2.75, 3.05) is 24.5 Å². The van der Waals surface area contributed by atoms with E-state index in [4.69, 9.17) is 5.73 Å². The van der Waals surface area contributed by atoms with Gasteiger partial charge in [0.15, 0.2) is 0 Å². The number of halogens is 1. The Bertz CT molecular complexity index is 760. The lowest BCUT2D eigenvalue weighted by Crippen LogP contribution is -2.43. The van der Waals surface area contributed by atoms with Crippen LogP contribution in [0.15, 0.2) is 35.7 Å². The summed E-state index contributed by atoms with van der Waals surface area (Å²) in [6, 6.07) is 7.79. The zero-order valence-electron chi connectivity index (χ0n) is 13.8. The number of anilines is 1. The highest BCUT2D eigenvalue weighted by Crippen LogP contribution is 2.24. The van der Waals surface area contributed by atoms with E-state index in [0.717, 1.165) is 19.5 Å². The van der Waals surface area contributed by atoms with E-state index < -0.39 is 5.91 Å². The standard InChI is InChI=1S/C18H20FN3O2S/c19-14-1-3-15(4-2-14)22(9-6-17(20)23)18(24)12-21-8-5-16-13(11-21)7-10-25-16/h1-4,7,10H,5-6,8-9,11-12H2,(H2,20,23). The van der Waals surface area contributed by atoms with Gasteiger partial charge in [0.1, 0.15) is 5.82 Å². The lowest BCUT2D eigenvalue weighted by Gasteiger charge is -2.29. The molecule has 1 aliphatic heterocycles. The van der Waals surface area contributed by atoms with E-state index in [1.165, 1.54) is 27.5 Å². The smallest absolute Gasteiger partial charge is 0.241 e. The number of nitrogens with two attached hydrogens (primary N) is 1. The van der Waals surface area contributed by atoms with Crippen molar-refractivity contribution in [1.29, 1.82) is 0 Å². The summed E-state index contributed by atoms with van der Waals surface area (Å²) in [6.45, 7) is 2.02. The number of hydrogen-bond donors (Lipinski definition) is 1. The minimum atomic E-state index is -0.471. The summed E-state index contributed by atoms with van der Waals surface area (Å²) in [7, 11) is 0. The molecule has 0 radical (unpaired) electrons. The summed E-state index contributed by atoms with van der Waals surface area (Å²) >= 11 is 1.75. The lowest BCUT2D eigenvalue weighted by molar-refractivity contribution is -0.120. The van der Waals surface area contributed by atoms with Gasteiger partial charge in [0.25, 0.3) is 0 Å². The van der Waals surface area contributed by atoms with Crippen molar-refractivity contribution in [3.05, 3.63) is 52.0 Å². The lowest BCUT2D eigenvalue weighted by atomic mass is 10.1. The number of primary amides is 1. The van der Waals surface area contributed by atoms with Gasteiger partial charge >= 0.3 is 0 Å². The highest BCUT2D eigenvalue weighted by atomic mass is 32.1. The second-order valence-electron chi connectivity index (χ2n) is 6.07. The third-order valence-corrected chi connectivity index (χ3v) is 5.29. The molecule has 2 N–H and O–H groups in total. The maximum atomic E-state index is 13.2. The van der Waals surface area contributed by atoms with Crippen LogP contribution in [0.2, 0.25) is 0 Å². The Hall–Kier alpha value is -2.25. The molecule has 0 atom stereocenters. The van der Waals surface area contributed by atoms with Crippen LogP contribution in [-0.4, -0.2) is 36.3 Å². The maximum Gasteiger partial charge on any atom is 0.241 e. The Morgan fingerprint density at radius 2 is 2.00 bits per heavy atom. The molecule has 1 aliphatic rings. The summed E-state index contributed by atoms with van der Waals surface area (Å²) in [4.78, 5) is 28.9. The van der Waals surface area contributed by atoms with Crippen molar-refractivity contribution >= 4 is 28.8 Å². The first kappa shape index (κ1) is 17.6. The van der Waals surface area contributed by atoms with Crippen LogP contribution in [0.4, 0.5) is 10.1 Å². The van der Waals surface area contributed by atoms with Crippen molar-refractivity contribution in [1.82, 2.24) is 4.90 Å². The molecule has 3 rings (SSSR count). The molecule has 0 fully saturated rings. The molecule has 0 spiro atoms. The number of benzene rings is 1. The molecule has 0 saturated heterocycles. The van der Waals surface area contributed by atoms with E-state index in [9.17, 15) is 14.0 Å². The summed E-state index contributed by atoms with van der Waals surface area (Å²) in [6.07, 6.45) is 1.01. The predicted octanol–water partition coefficient (Wildman–Crippen LogP) is 2.15. The largest absolute Gasteiger partial charge is 0.370 e. The highest BCUT2D eigenvalue weighted by molar-refractivity contribution is 7.10. The van der Waals surface area contributed by atoms with Crippen molar-refractivity contribution in [2.24, 2.45) is 5.73 Å². The third kappa shape index (κ3) is 4.43. The van der Waals surface area contributed by atoms with Gasteiger partial charge in [-0.2, -0.15) is 0 Å². The van der Waals surface area contributed by atoms with Crippen molar-refractivity contribution < 1.29 is 14.0 Å². The first-order valence-electron chi connectivity index (χ1n) is 8.15. The Labute approximate surface area is 149 Å². The fraction of sp³-hybridized carbons (Fsp3) is 0.333. The van der Waals surface area contributed by atoms with Gasteiger partial charge in [0.2, 0.25) is 11.8 Å². The fourth-order valence-electron chi connectivity index (χ4n) is 2.96. The zero-order chi connectivity index (χ0) is 17.8. The van der Waals surface area contributed by atoms with Gasteiger partial charge in [-0.1, -0.05) is 0 Å². The average Bonchev–Trinajstić information content (AvgIpc) is 3.04. The molecule has 132 valence electrons. The molecule has 5 nitrogen and oxygen atoms in total. The van der Waals surface area contributed by atoms with Gasteiger partial charge in [0.05, 0.1) is 6.54 Å². The predicted molar refractivity (Wildman–Crippen MR) is 95.9 cm³/mol. The molecule has 0 aliphatic carbocycles. The van der Waals surface area contributed by atoms with Crippen molar-refractivity contribution in [3.63, 3.8) is 0 Å². The Balaban J connectivity index is 1.70. The molecule has 0 unspecified atom stereocenters. The normalized spacial score (nSPS) is 14.1. The molecule has 2 heterocycles. The van der Waals surface area contributed by atoms with Crippen LogP contribution in [0.25, 0.3) is 0 Å². The van der Waals surface area contributed by atoms with Crippen LogP contribution in [-0.2, 0) is 22.6 Å². The molecule has 0 bridgehead atoms. The fourth-order valence-corrected chi connectivity index (χ4v) is 3.85. The minimum absolute atomic E-state index is 0.0673. The second kappa shape index (κ2) is 7.76. The Morgan fingerprint density at radius 1 is 1.24 bits per heavy atom. The molecule has 1 aromatic heterocycles. The number of nitrogens with zero attached hydrogens (tertiary/aromatic N) is 2. The molecule has 2 amide bonds. The van der Waals surface area contributed by atoms with Gasteiger partial charge in [-0.15, -0.1) is 11.3 Å². The molecular weight excluding hydrogens is 341 g/mol. The number of thiophene rings is 1. The molecule has 7 heteroatoms. The van der Waals surface area contributed by atoms with Gasteiger partial charge in [-0.3, -0.25) is 14.5 Å². The van der Waals surface area contributed by atoms with Gasteiger partial charge < -0.3 is 10.6 Å². The van der Waals surface area contributed by atoms with Gasteiger partial charge in [-0.25, -0.2) is 4.39 Å². The van der Waals surface area contributed by atoms with Crippen LogP contribution < -0.4 is 10.6 Å². The maximum absolute atomic E-state index is 13.2.